The fourth-order valence-electron chi connectivity index (χ4n) is 3.58. The van der Waals surface area contributed by atoms with Crippen molar-refractivity contribution < 1.29 is 13.2 Å². The molecule has 1 N–H and O–H groups in total. The number of hydrogen-bond acceptors (Lipinski definition) is 5. The molecule has 0 saturated heterocycles. The maximum Gasteiger partial charge on any atom is 0.231 e. The molecule has 0 unspecified atom stereocenters. The zero-order valence-electron chi connectivity index (χ0n) is 16.9. The fourth-order valence-corrected chi connectivity index (χ4v) is 4.82. The van der Waals surface area contributed by atoms with Gasteiger partial charge in [0, 0.05) is 18.0 Å². The lowest BCUT2D eigenvalue weighted by atomic mass is 10.0. The van der Waals surface area contributed by atoms with Gasteiger partial charge in [-0.2, -0.15) is 0 Å². The highest BCUT2D eigenvalue weighted by Gasteiger charge is 2.14. The number of anilines is 2. The molecule has 0 saturated carbocycles. The van der Waals surface area contributed by atoms with Crippen LogP contribution in [0.15, 0.2) is 47.8 Å². The van der Waals surface area contributed by atoms with Crippen LogP contribution in [-0.2, 0) is 34.1 Å². The summed E-state index contributed by atoms with van der Waals surface area (Å²) >= 11 is 1.37. The van der Waals surface area contributed by atoms with Gasteiger partial charge in [-0.1, -0.05) is 30.3 Å². The number of aryl methyl sites for hydroxylation is 2. The van der Waals surface area contributed by atoms with Crippen LogP contribution in [-0.4, -0.2) is 32.6 Å². The minimum absolute atomic E-state index is 0.0843. The number of fused-ring (bicyclic) bond motifs is 1. The quantitative estimate of drug-likeness (QED) is 0.630. The van der Waals surface area contributed by atoms with E-state index in [1.165, 1.54) is 46.5 Å². The second-order valence-corrected chi connectivity index (χ2v) is 10.4. The first-order valence-corrected chi connectivity index (χ1v) is 12.4. The number of hydrogen-bond donors (Lipinski definition) is 1. The molecular weight excluding hydrogens is 418 g/mol. The monoisotopic (exact) mass is 441 g/mol. The summed E-state index contributed by atoms with van der Waals surface area (Å²) in [6.07, 6.45) is 4.92. The first kappa shape index (κ1) is 20.6. The van der Waals surface area contributed by atoms with Crippen LogP contribution in [0.5, 0.6) is 0 Å². The molecule has 1 aliphatic carbocycles. The van der Waals surface area contributed by atoms with Crippen molar-refractivity contribution in [3.63, 3.8) is 0 Å². The molecule has 8 heteroatoms. The van der Waals surface area contributed by atoms with E-state index in [1.807, 2.05) is 23.6 Å². The normalized spacial score (nSPS) is 13.1. The number of sulfonamides is 1. The van der Waals surface area contributed by atoms with Crippen molar-refractivity contribution in [2.24, 2.45) is 0 Å². The predicted molar refractivity (Wildman–Crippen MR) is 122 cm³/mol. The Labute approximate surface area is 180 Å². The summed E-state index contributed by atoms with van der Waals surface area (Å²) in [6.45, 7) is 0. The van der Waals surface area contributed by atoms with E-state index in [0.717, 1.165) is 29.7 Å². The van der Waals surface area contributed by atoms with Crippen molar-refractivity contribution in [1.82, 2.24) is 4.98 Å². The van der Waals surface area contributed by atoms with Gasteiger partial charge in [0.1, 0.15) is 0 Å². The molecule has 1 aromatic heterocycles. The molecule has 2 aromatic carbocycles. The van der Waals surface area contributed by atoms with Crippen molar-refractivity contribution in [2.75, 3.05) is 22.9 Å². The molecule has 156 valence electrons. The fraction of sp³-hybridized carbons (Fsp3) is 0.273. The number of amides is 1. The zero-order valence-corrected chi connectivity index (χ0v) is 18.5. The number of nitrogens with zero attached hydrogens (tertiary/aromatic N) is 2. The molecule has 0 aliphatic heterocycles. The van der Waals surface area contributed by atoms with Crippen LogP contribution in [0.3, 0.4) is 0 Å². The van der Waals surface area contributed by atoms with E-state index >= 15 is 0 Å². The van der Waals surface area contributed by atoms with Gasteiger partial charge in [-0.25, -0.2) is 13.4 Å². The van der Waals surface area contributed by atoms with Gasteiger partial charge in [0.05, 0.1) is 24.1 Å². The molecule has 1 heterocycles. The summed E-state index contributed by atoms with van der Waals surface area (Å²) in [5.41, 5.74) is 5.96. The molecule has 6 nitrogen and oxygen atoms in total. The van der Waals surface area contributed by atoms with Gasteiger partial charge >= 0.3 is 0 Å². The van der Waals surface area contributed by atoms with Crippen molar-refractivity contribution >= 4 is 38.1 Å². The Morgan fingerprint density at radius 3 is 2.60 bits per heavy atom. The van der Waals surface area contributed by atoms with Crippen molar-refractivity contribution in [3.8, 4) is 11.3 Å². The molecule has 0 radical (unpaired) electrons. The number of nitrogens with one attached hydrogen (secondary N) is 1. The second kappa shape index (κ2) is 8.20. The largest absolute Gasteiger partial charge is 0.302 e. The predicted octanol–water partition coefficient (Wildman–Crippen LogP) is 3.88. The van der Waals surface area contributed by atoms with Gasteiger partial charge in [-0.15, -0.1) is 11.3 Å². The Kier molecular flexibility index (Phi) is 5.62. The van der Waals surface area contributed by atoms with Gasteiger partial charge < -0.3 is 5.32 Å². The van der Waals surface area contributed by atoms with E-state index < -0.39 is 10.0 Å². The van der Waals surface area contributed by atoms with E-state index in [9.17, 15) is 13.2 Å². The summed E-state index contributed by atoms with van der Waals surface area (Å²) in [4.78, 5) is 16.9. The van der Waals surface area contributed by atoms with Gasteiger partial charge in [-0.3, -0.25) is 9.10 Å². The van der Waals surface area contributed by atoms with Gasteiger partial charge in [0.2, 0.25) is 15.9 Å². The highest BCUT2D eigenvalue weighted by Crippen LogP contribution is 2.28. The van der Waals surface area contributed by atoms with Crippen LogP contribution in [0.4, 0.5) is 10.8 Å². The third-order valence-corrected chi connectivity index (χ3v) is 7.27. The number of benzene rings is 2. The maximum absolute atomic E-state index is 12.4. The summed E-state index contributed by atoms with van der Waals surface area (Å²) in [7, 11) is -1.78. The molecule has 1 aliphatic rings. The van der Waals surface area contributed by atoms with Crippen molar-refractivity contribution in [3.05, 3.63) is 64.5 Å². The van der Waals surface area contributed by atoms with Crippen molar-refractivity contribution in [1.29, 1.82) is 0 Å². The lowest BCUT2D eigenvalue weighted by molar-refractivity contribution is -0.115. The van der Waals surface area contributed by atoms with Crippen LogP contribution < -0.4 is 9.62 Å². The molecule has 0 atom stereocenters. The lowest BCUT2D eigenvalue weighted by Gasteiger charge is -2.16. The summed E-state index contributed by atoms with van der Waals surface area (Å²) in [5, 5.41) is 5.30. The van der Waals surface area contributed by atoms with E-state index in [1.54, 1.807) is 12.1 Å². The number of aromatic nitrogens is 1. The minimum Gasteiger partial charge on any atom is -0.302 e. The SMILES string of the molecule is CN(c1ccc(-c2csc(NC(=O)Cc3ccc4c(c3)CCC4)n2)cc1)S(C)(=O)=O. The summed E-state index contributed by atoms with van der Waals surface area (Å²) < 4.78 is 24.5. The number of thiazole rings is 1. The maximum atomic E-state index is 12.4. The number of carbonyl (C=O) groups excluding carboxylic acids is 1. The first-order chi connectivity index (χ1) is 14.3. The standard InChI is InChI=1S/C22H23N3O3S2/c1-25(30(2,27)28)19-10-8-17(9-11-19)20-14-29-22(23-20)24-21(26)13-15-6-7-16-4-3-5-18(16)12-15/h6-12,14H,3-5,13H2,1-2H3,(H,23,24,26). The van der Waals surface area contributed by atoms with E-state index in [4.69, 9.17) is 0 Å². The molecule has 0 spiro atoms. The Bertz CT molecular complexity index is 1180. The second-order valence-electron chi connectivity index (χ2n) is 7.50. The van der Waals surface area contributed by atoms with Crippen LogP contribution in [0.25, 0.3) is 11.3 Å². The lowest BCUT2D eigenvalue weighted by Crippen LogP contribution is -2.24. The number of carbonyl (C=O) groups is 1. The third kappa shape index (κ3) is 4.55. The van der Waals surface area contributed by atoms with E-state index in [-0.39, 0.29) is 5.91 Å². The first-order valence-electron chi connectivity index (χ1n) is 9.70. The molecule has 0 fully saturated rings. The van der Waals surface area contributed by atoms with Gasteiger partial charge in [0.25, 0.3) is 0 Å². The van der Waals surface area contributed by atoms with E-state index in [0.29, 0.717) is 17.2 Å². The molecular formula is C22H23N3O3S2. The zero-order chi connectivity index (χ0) is 21.3. The molecule has 0 bridgehead atoms. The van der Waals surface area contributed by atoms with Crippen LogP contribution >= 0.6 is 11.3 Å². The minimum atomic E-state index is -3.30. The molecule has 3 aromatic rings. The Morgan fingerprint density at radius 2 is 1.87 bits per heavy atom. The third-order valence-electron chi connectivity index (χ3n) is 5.30. The highest BCUT2D eigenvalue weighted by molar-refractivity contribution is 7.92. The van der Waals surface area contributed by atoms with Gasteiger partial charge in [-0.05, 0) is 48.1 Å². The average molecular weight is 442 g/mol. The molecule has 30 heavy (non-hydrogen) atoms. The number of rotatable bonds is 6. The average Bonchev–Trinajstić information content (AvgIpc) is 3.36. The van der Waals surface area contributed by atoms with Gasteiger partial charge in [0.15, 0.2) is 5.13 Å². The van der Waals surface area contributed by atoms with Crippen LogP contribution in [0.2, 0.25) is 0 Å². The van der Waals surface area contributed by atoms with E-state index in [2.05, 4.69) is 22.4 Å². The Hall–Kier alpha value is -2.71. The summed E-state index contributed by atoms with van der Waals surface area (Å²) in [5.74, 6) is -0.0843. The summed E-state index contributed by atoms with van der Waals surface area (Å²) in [6, 6.07) is 13.4. The molecule has 4 rings (SSSR count). The highest BCUT2D eigenvalue weighted by atomic mass is 32.2. The smallest absolute Gasteiger partial charge is 0.231 e. The van der Waals surface area contributed by atoms with Crippen molar-refractivity contribution in [2.45, 2.75) is 25.7 Å². The Balaban J connectivity index is 1.41. The van der Waals surface area contributed by atoms with Crippen LogP contribution in [0.1, 0.15) is 23.1 Å². The molecule has 1 amide bonds. The Morgan fingerprint density at radius 1 is 1.13 bits per heavy atom. The van der Waals surface area contributed by atoms with Crippen LogP contribution in [0, 0.1) is 0 Å². The topological polar surface area (TPSA) is 79.4 Å².